The minimum Gasteiger partial charge on any atom is -0.322 e. The van der Waals surface area contributed by atoms with Gasteiger partial charge in [0.25, 0.3) is 0 Å². The van der Waals surface area contributed by atoms with Crippen molar-refractivity contribution in [2.24, 2.45) is 0 Å². The molecule has 0 fully saturated rings. The van der Waals surface area contributed by atoms with E-state index in [4.69, 9.17) is 0 Å². The Bertz CT molecular complexity index is 737. The molecule has 0 saturated heterocycles. The Morgan fingerprint density at radius 2 is 1.75 bits per heavy atom. The highest BCUT2D eigenvalue weighted by Gasteiger charge is 2.21. The molecule has 0 saturated carbocycles. The quantitative estimate of drug-likeness (QED) is 0.757. The lowest BCUT2D eigenvalue weighted by Crippen LogP contribution is -2.39. The molecule has 0 spiro atoms. The fourth-order valence-electron chi connectivity index (χ4n) is 2.07. The van der Waals surface area contributed by atoms with Crippen molar-refractivity contribution in [3.8, 4) is 0 Å². The topological polar surface area (TPSA) is 32.3 Å². The first kappa shape index (κ1) is 18.5. The molecule has 0 radical (unpaired) electrons. The third-order valence-corrected chi connectivity index (χ3v) is 4.21. The Labute approximate surface area is 146 Å². The van der Waals surface area contributed by atoms with Gasteiger partial charge in [-0.2, -0.15) is 0 Å². The summed E-state index contributed by atoms with van der Waals surface area (Å²) < 4.78 is 40.7. The van der Waals surface area contributed by atoms with Crippen LogP contribution in [-0.4, -0.2) is 23.9 Å². The SMILES string of the molecule is C[C@@H](C(=O)Nc1ccc(F)c(F)c1F)N(C)Cc1ccc(Br)cc1. The van der Waals surface area contributed by atoms with Gasteiger partial charge in [0.05, 0.1) is 11.7 Å². The van der Waals surface area contributed by atoms with Crippen LogP contribution in [-0.2, 0) is 11.3 Å². The van der Waals surface area contributed by atoms with Crippen molar-refractivity contribution in [1.29, 1.82) is 0 Å². The second-order valence-electron chi connectivity index (χ2n) is 5.43. The van der Waals surface area contributed by atoms with Crippen LogP contribution in [0.25, 0.3) is 0 Å². The first-order valence-electron chi connectivity index (χ1n) is 7.18. The van der Waals surface area contributed by atoms with Crippen molar-refractivity contribution in [3.63, 3.8) is 0 Å². The van der Waals surface area contributed by atoms with E-state index in [-0.39, 0.29) is 5.69 Å². The molecule has 7 heteroatoms. The molecule has 2 aromatic rings. The Hall–Kier alpha value is -1.86. The largest absolute Gasteiger partial charge is 0.322 e. The van der Waals surface area contributed by atoms with E-state index in [1.807, 2.05) is 24.3 Å². The Morgan fingerprint density at radius 1 is 1.12 bits per heavy atom. The normalized spacial score (nSPS) is 12.3. The maximum atomic E-state index is 13.6. The molecule has 24 heavy (non-hydrogen) atoms. The minimum atomic E-state index is -1.61. The molecule has 1 N–H and O–H groups in total. The minimum absolute atomic E-state index is 0.386. The molecule has 2 aromatic carbocycles. The predicted molar refractivity (Wildman–Crippen MR) is 90.0 cm³/mol. The third-order valence-electron chi connectivity index (χ3n) is 3.68. The predicted octanol–water partition coefficient (Wildman–Crippen LogP) is 4.33. The molecule has 0 aliphatic rings. The van der Waals surface area contributed by atoms with Crippen molar-refractivity contribution < 1.29 is 18.0 Å². The molecule has 0 bridgehead atoms. The van der Waals surface area contributed by atoms with Crippen molar-refractivity contribution in [3.05, 3.63) is 63.9 Å². The van der Waals surface area contributed by atoms with E-state index in [0.717, 1.165) is 22.2 Å². The number of hydrogen-bond donors (Lipinski definition) is 1. The van der Waals surface area contributed by atoms with Crippen LogP contribution < -0.4 is 5.32 Å². The molecular weight excluding hydrogens is 385 g/mol. The molecular formula is C17H16BrF3N2O. The zero-order chi connectivity index (χ0) is 17.9. The van der Waals surface area contributed by atoms with E-state index in [1.165, 1.54) is 0 Å². The highest BCUT2D eigenvalue weighted by atomic mass is 79.9. The van der Waals surface area contributed by atoms with Crippen molar-refractivity contribution in [1.82, 2.24) is 4.90 Å². The number of likely N-dealkylation sites (N-methyl/N-ethyl adjacent to an activating group) is 1. The van der Waals surface area contributed by atoms with E-state index in [0.29, 0.717) is 6.54 Å². The lowest BCUT2D eigenvalue weighted by Gasteiger charge is -2.24. The van der Waals surface area contributed by atoms with Crippen LogP contribution in [0.2, 0.25) is 0 Å². The van der Waals surface area contributed by atoms with E-state index < -0.39 is 29.4 Å². The second-order valence-corrected chi connectivity index (χ2v) is 6.35. The number of anilines is 1. The third kappa shape index (κ3) is 4.36. The molecule has 0 unspecified atom stereocenters. The fourth-order valence-corrected chi connectivity index (χ4v) is 2.34. The fraction of sp³-hybridized carbons (Fsp3) is 0.235. The molecule has 2 rings (SSSR count). The first-order valence-corrected chi connectivity index (χ1v) is 7.98. The molecule has 1 atom stereocenters. The number of nitrogens with one attached hydrogen (secondary N) is 1. The zero-order valence-corrected chi connectivity index (χ0v) is 14.7. The molecule has 128 valence electrons. The summed E-state index contributed by atoms with van der Waals surface area (Å²) in [6.45, 7) is 2.15. The van der Waals surface area contributed by atoms with Crippen molar-refractivity contribution in [2.45, 2.75) is 19.5 Å². The molecule has 0 heterocycles. The van der Waals surface area contributed by atoms with Gasteiger partial charge >= 0.3 is 0 Å². The van der Waals surface area contributed by atoms with Crippen LogP contribution in [0.3, 0.4) is 0 Å². The number of amides is 1. The summed E-state index contributed by atoms with van der Waals surface area (Å²) in [6, 6.07) is 8.79. The number of halogens is 4. The average Bonchev–Trinajstić information content (AvgIpc) is 2.56. The van der Waals surface area contributed by atoms with E-state index in [2.05, 4.69) is 21.2 Å². The van der Waals surface area contributed by atoms with Gasteiger partial charge in [-0.25, -0.2) is 13.2 Å². The van der Waals surface area contributed by atoms with Crippen LogP contribution in [0.5, 0.6) is 0 Å². The van der Waals surface area contributed by atoms with Crippen molar-refractivity contribution >= 4 is 27.5 Å². The Morgan fingerprint density at radius 3 is 2.38 bits per heavy atom. The summed E-state index contributed by atoms with van der Waals surface area (Å²) in [5, 5.41) is 2.28. The number of rotatable bonds is 5. The number of benzene rings is 2. The smallest absolute Gasteiger partial charge is 0.241 e. The lowest BCUT2D eigenvalue weighted by atomic mass is 10.2. The van der Waals surface area contributed by atoms with Crippen LogP contribution in [0.1, 0.15) is 12.5 Å². The van der Waals surface area contributed by atoms with Gasteiger partial charge < -0.3 is 5.32 Å². The number of carbonyl (C=O) groups excluding carboxylic acids is 1. The average molecular weight is 401 g/mol. The highest BCUT2D eigenvalue weighted by molar-refractivity contribution is 9.10. The number of carbonyl (C=O) groups is 1. The Kier molecular flexibility index (Phi) is 6.01. The number of hydrogen-bond acceptors (Lipinski definition) is 2. The zero-order valence-electron chi connectivity index (χ0n) is 13.1. The summed E-state index contributed by atoms with van der Waals surface area (Å²) in [7, 11) is 1.74. The maximum absolute atomic E-state index is 13.6. The number of nitrogens with zero attached hydrogens (tertiary/aromatic N) is 1. The van der Waals surface area contributed by atoms with Crippen LogP contribution in [0.15, 0.2) is 40.9 Å². The summed E-state index contributed by atoms with van der Waals surface area (Å²) in [5.41, 5.74) is 0.613. The van der Waals surface area contributed by atoms with Gasteiger partial charge in [-0.15, -0.1) is 0 Å². The second kappa shape index (κ2) is 7.81. The summed E-state index contributed by atoms with van der Waals surface area (Å²) in [5.74, 6) is -4.83. The van der Waals surface area contributed by atoms with Gasteiger partial charge in [-0.1, -0.05) is 28.1 Å². The monoisotopic (exact) mass is 400 g/mol. The van der Waals surface area contributed by atoms with Gasteiger partial charge in [0.2, 0.25) is 5.91 Å². The summed E-state index contributed by atoms with van der Waals surface area (Å²) in [6.07, 6.45) is 0. The maximum Gasteiger partial charge on any atom is 0.241 e. The molecule has 0 aromatic heterocycles. The van der Waals surface area contributed by atoms with E-state index in [1.54, 1.807) is 18.9 Å². The van der Waals surface area contributed by atoms with Gasteiger partial charge in [0.15, 0.2) is 17.5 Å². The van der Waals surface area contributed by atoms with Gasteiger partial charge in [-0.3, -0.25) is 9.69 Å². The molecule has 0 aliphatic heterocycles. The van der Waals surface area contributed by atoms with Gasteiger partial charge in [-0.05, 0) is 43.8 Å². The van der Waals surface area contributed by atoms with Crippen molar-refractivity contribution in [2.75, 3.05) is 12.4 Å². The van der Waals surface area contributed by atoms with Crippen LogP contribution in [0, 0.1) is 17.5 Å². The summed E-state index contributed by atoms with van der Waals surface area (Å²) in [4.78, 5) is 14.0. The molecule has 3 nitrogen and oxygen atoms in total. The van der Waals surface area contributed by atoms with Gasteiger partial charge in [0.1, 0.15) is 0 Å². The van der Waals surface area contributed by atoms with E-state index >= 15 is 0 Å². The Balaban J connectivity index is 2.03. The molecule has 0 aliphatic carbocycles. The van der Waals surface area contributed by atoms with Crippen LogP contribution in [0.4, 0.5) is 18.9 Å². The molecule has 1 amide bonds. The standard InChI is InChI=1S/C17H16BrF3N2O/c1-10(23(2)9-11-3-5-12(18)6-4-11)17(24)22-14-8-7-13(19)15(20)16(14)21/h3-8,10H,9H2,1-2H3,(H,22,24)/t10-/m0/s1. The van der Waals surface area contributed by atoms with E-state index in [9.17, 15) is 18.0 Å². The lowest BCUT2D eigenvalue weighted by molar-refractivity contribution is -0.120. The van der Waals surface area contributed by atoms with Crippen LogP contribution >= 0.6 is 15.9 Å². The highest BCUT2D eigenvalue weighted by Crippen LogP contribution is 2.20. The first-order chi connectivity index (χ1) is 11.3. The summed E-state index contributed by atoms with van der Waals surface area (Å²) >= 11 is 3.35. The van der Waals surface area contributed by atoms with Gasteiger partial charge in [0, 0.05) is 11.0 Å².